The van der Waals surface area contributed by atoms with Crippen LogP contribution in [0.1, 0.15) is 23.1 Å². The second-order valence-electron chi connectivity index (χ2n) is 5.36. The maximum atomic E-state index is 12.3. The summed E-state index contributed by atoms with van der Waals surface area (Å²) in [5, 5.41) is 3.36. The van der Waals surface area contributed by atoms with Crippen molar-refractivity contribution < 1.29 is 4.79 Å². The van der Waals surface area contributed by atoms with Crippen molar-refractivity contribution in [1.82, 2.24) is 5.32 Å². The number of nitrogens with one attached hydrogen (secondary N) is 1. The Morgan fingerprint density at radius 3 is 2.50 bits per heavy atom. The molecule has 2 aromatic rings. The van der Waals surface area contributed by atoms with Crippen LogP contribution in [0.4, 0.5) is 0 Å². The number of ketones is 1. The predicted octanol–water partition coefficient (Wildman–Crippen LogP) is 2.90. The zero-order valence-corrected chi connectivity index (χ0v) is 11.5. The molecule has 1 aliphatic rings. The summed E-state index contributed by atoms with van der Waals surface area (Å²) in [7, 11) is 0. The maximum absolute atomic E-state index is 12.3. The SMILES string of the molecule is O=C(CCc1ccccc1)C1Cc2ccccc2CN1. The Bertz CT molecular complexity index is 591. The van der Waals surface area contributed by atoms with Gasteiger partial charge in [-0.3, -0.25) is 4.79 Å². The molecule has 20 heavy (non-hydrogen) atoms. The highest BCUT2D eigenvalue weighted by atomic mass is 16.1. The summed E-state index contributed by atoms with van der Waals surface area (Å²) in [6.45, 7) is 0.803. The quantitative estimate of drug-likeness (QED) is 0.921. The molecule has 1 aliphatic heterocycles. The molecule has 2 aromatic carbocycles. The van der Waals surface area contributed by atoms with E-state index in [4.69, 9.17) is 0 Å². The minimum Gasteiger partial charge on any atom is -0.303 e. The average Bonchev–Trinajstić information content (AvgIpc) is 2.53. The molecule has 0 aliphatic carbocycles. The molecule has 2 heteroatoms. The highest BCUT2D eigenvalue weighted by Crippen LogP contribution is 2.17. The molecule has 1 atom stereocenters. The van der Waals surface area contributed by atoms with Crippen LogP contribution in [0.2, 0.25) is 0 Å². The first-order chi connectivity index (χ1) is 9.83. The van der Waals surface area contributed by atoms with Crippen LogP contribution in [0.25, 0.3) is 0 Å². The van der Waals surface area contributed by atoms with Crippen LogP contribution < -0.4 is 5.32 Å². The Balaban J connectivity index is 1.59. The molecule has 0 spiro atoms. The molecular weight excluding hydrogens is 246 g/mol. The van der Waals surface area contributed by atoms with E-state index in [0.29, 0.717) is 12.2 Å². The van der Waals surface area contributed by atoms with Crippen LogP contribution in [0, 0.1) is 0 Å². The van der Waals surface area contributed by atoms with Gasteiger partial charge in [0.05, 0.1) is 6.04 Å². The first kappa shape index (κ1) is 13.1. The van der Waals surface area contributed by atoms with Gasteiger partial charge in [-0.15, -0.1) is 0 Å². The summed E-state index contributed by atoms with van der Waals surface area (Å²) in [5.41, 5.74) is 3.86. The minimum absolute atomic E-state index is 0.0198. The zero-order chi connectivity index (χ0) is 13.8. The number of hydrogen-bond acceptors (Lipinski definition) is 2. The Labute approximate surface area is 119 Å². The van der Waals surface area contributed by atoms with E-state index in [9.17, 15) is 4.79 Å². The third kappa shape index (κ3) is 2.97. The molecule has 1 heterocycles. The van der Waals surface area contributed by atoms with Crippen molar-refractivity contribution in [2.45, 2.75) is 31.8 Å². The minimum atomic E-state index is -0.0198. The Kier molecular flexibility index (Phi) is 3.93. The van der Waals surface area contributed by atoms with E-state index in [1.54, 1.807) is 0 Å². The van der Waals surface area contributed by atoms with E-state index >= 15 is 0 Å². The highest BCUT2D eigenvalue weighted by Gasteiger charge is 2.23. The summed E-state index contributed by atoms with van der Waals surface area (Å²) in [5.74, 6) is 0.323. The van der Waals surface area contributed by atoms with Crippen LogP contribution in [-0.2, 0) is 24.2 Å². The molecule has 0 radical (unpaired) electrons. The molecule has 0 fully saturated rings. The van der Waals surface area contributed by atoms with Gasteiger partial charge in [0, 0.05) is 13.0 Å². The summed E-state index contributed by atoms with van der Waals surface area (Å²) < 4.78 is 0. The molecule has 3 rings (SSSR count). The standard InChI is InChI=1S/C18H19NO/c20-18(11-10-14-6-2-1-3-7-14)17-12-15-8-4-5-9-16(15)13-19-17/h1-9,17,19H,10-13H2. The van der Waals surface area contributed by atoms with E-state index in [0.717, 1.165) is 19.4 Å². The number of Topliss-reactive ketones (excluding diaryl/α,β-unsaturated/α-hetero) is 1. The molecule has 0 bridgehead atoms. The largest absolute Gasteiger partial charge is 0.303 e. The van der Waals surface area contributed by atoms with Gasteiger partial charge in [-0.05, 0) is 29.5 Å². The molecule has 0 saturated carbocycles. The number of aryl methyl sites for hydroxylation is 1. The average molecular weight is 265 g/mol. The van der Waals surface area contributed by atoms with Gasteiger partial charge in [0.2, 0.25) is 0 Å². The number of fused-ring (bicyclic) bond motifs is 1. The summed E-state index contributed by atoms with van der Waals surface area (Å²) in [6, 6.07) is 18.6. The smallest absolute Gasteiger partial charge is 0.150 e. The number of hydrogen-bond donors (Lipinski definition) is 1. The van der Waals surface area contributed by atoms with Gasteiger partial charge in [0.15, 0.2) is 0 Å². The monoisotopic (exact) mass is 265 g/mol. The van der Waals surface area contributed by atoms with Crippen LogP contribution in [0.5, 0.6) is 0 Å². The van der Waals surface area contributed by atoms with Gasteiger partial charge >= 0.3 is 0 Å². The third-order valence-electron chi connectivity index (χ3n) is 3.97. The maximum Gasteiger partial charge on any atom is 0.150 e. The lowest BCUT2D eigenvalue weighted by molar-refractivity contribution is -0.121. The van der Waals surface area contributed by atoms with Gasteiger partial charge in [-0.25, -0.2) is 0 Å². The van der Waals surface area contributed by atoms with Crippen LogP contribution in [-0.4, -0.2) is 11.8 Å². The number of benzene rings is 2. The van der Waals surface area contributed by atoms with Crippen molar-refractivity contribution >= 4 is 5.78 Å². The third-order valence-corrected chi connectivity index (χ3v) is 3.97. The van der Waals surface area contributed by atoms with E-state index in [-0.39, 0.29) is 6.04 Å². The van der Waals surface area contributed by atoms with E-state index < -0.39 is 0 Å². The Morgan fingerprint density at radius 1 is 1.00 bits per heavy atom. The number of carbonyl (C=O) groups is 1. The van der Waals surface area contributed by atoms with E-state index in [1.807, 2.05) is 18.2 Å². The summed E-state index contributed by atoms with van der Waals surface area (Å²) >= 11 is 0. The Hall–Kier alpha value is -1.93. The first-order valence-electron chi connectivity index (χ1n) is 7.20. The first-order valence-corrected chi connectivity index (χ1v) is 7.20. The van der Waals surface area contributed by atoms with Crippen molar-refractivity contribution in [3.05, 3.63) is 71.3 Å². The number of carbonyl (C=O) groups excluding carboxylic acids is 1. The molecule has 0 amide bonds. The van der Waals surface area contributed by atoms with Gasteiger partial charge in [0.1, 0.15) is 5.78 Å². The van der Waals surface area contributed by atoms with E-state index in [2.05, 4.69) is 41.7 Å². The van der Waals surface area contributed by atoms with Crippen molar-refractivity contribution in [3.63, 3.8) is 0 Å². The van der Waals surface area contributed by atoms with Crippen LogP contribution in [0.3, 0.4) is 0 Å². The van der Waals surface area contributed by atoms with Gasteiger partial charge < -0.3 is 5.32 Å². The molecule has 0 aromatic heterocycles. The second kappa shape index (κ2) is 6.02. The lowest BCUT2D eigenvalue weighted by Crippen LogP contribution is -2.41. The lowest BCUT2D eigenvalue weighted by Gasteiger charge is -2.25. The fourth-order valence-corrected chi connectivity index (χ4v) is 2.77. The predicted molar refractivity (Wildman–Crippen MR) is 80.5 cm³/mol. The van der Waals surface area contributed by atoms with Crippen molar-refractivity contribution in [3.8, 4) is 0 Å². The van der Waals surface area contributed by atoms with Gasteiger partial charge in [0.25, 0.3) is 0 Å². The van der Waals surface area contributed by atoms with Crippen molar-refractivity contribution in [1.29, 1.82) is 0 Å². The lowest BCUT2D eigenvalue weighted by atomic mass is 9.92. The molecule has 1 unspecified atom stereocenters. The number of rotatable bonds is 4. The molecule has 2 nitrogen and oxygen atoms in total. The molecule has 102 valence electrons. The second-order valence-corrected chi connectivity index (χ2v) is 5.36. The fourth-order valence-electron chi connectivity index (χ4n) is 2.77. The topological polar surface area (TPSA) is 29.1 Å². The summed E-state index contributed by atoms with van der Waals surface area (Å²) in [4.78, 5) is 12.3. The van der Waals surface area contributed by atoms with Crippen molar-refractivity contribution in [2.24, 2.45) is 0 Å². The van der Waals surface area contributed by atoms with Gasteiger partial charge in [-0.1, -0.05) is 54.6 Å². The van der Waals surface area contributed by atoms with Crippen LogP contribution in [0.15, 0.2) is 54.6 Å². The molecular formula is C18H19NO. The Morgan fingerprint density at radius 2 is 1.70 bits per heavy atom. The normalized spacial score (nSPS) is 17.5. The van der Waals surface area contributed by atoms with Crippen molar-refractivity contribution in [2.75, 3.05) is 0 Å². The highest BCUT2D eigenvalue weighted by molar-refractivity contribution is 5.84. The summed E-state index contributed by atoms with van der Waals surface area (Å²) in [6.07, 6.45) is 2.27. The van der Waals surface area contributed by atoms with Gasteiger partial charge in [-0.2, -0.15) is 0 Å². The molecule has 1 N–H and O–H groups in total. The van der Waals surface area contributed by atoms with E-state index in [1.165, 1.54) is 16.7 Å². The fraction of sp³-hybridized carbons (Fsp3) is 0.278. The molecule has 0 saturated heterocycles. The van der Waals surface area contributed by atoms with Crippen LogP contribution >= 0.6 is 0 Å². The zero-order valence-electron chi connectivity index (χ0n) is 11.5.